The van der Waals surface area contributed by atoms with Gasteiger partial charge in [-0.3, -0.25) is 9.78 Å². The summed E-state index contributed by atoms with van der Waals surface area (Å²) < 4.78 is 10.8. The summed E-state index contributed by atoms with van der Waals surface area (Å²) >= 11 is 0. The fraction of sp³-hybridized carbons (Fsp3) is 0.333. The highest BCUT2D eigenvalue weighted by Crippen LogP contribution is 2.39. The van der Waals surface area contributed by atoms with Gasteiger partial charge in [0.25, 0.3) is 0 Å². The molecule has 0 aliphatic carbocycles. The first-order valence-electron chi connectivity index (χ1n) is 11.7. The number of hydrogen-bond donors (Lipinski definition) is 1. The zero-order chi connectivity index (χ0) is 23.5. The van der Waals surface area contributed by atoms with E-state index in [9.17, 15) is 4.79 Å². The number of nitrogens with zero attached hydrogens (tertiary/aromatic N) is 3. The van der Waals surface area contributed by atoms with Crippen molar-refractivity contribution < 1.29 is 14.3 Å². The summed E-state index contributed by atoms with van der Waals surface area (Å²) in [5.74, 6) is 1.62. The topological polar surface area (TPSA) is 66.9 Å². The van der Waals surface area contributed by atoms with Crippen LogP contribution in [0.1, 0.15) is 11.1 Å². The number of ether oxygens (including phenoxy) is 2. The maximum Gasteiger partial charge on any atom is 0.225 e. The van der Waals surface area contributed by atoms with Crippen molar-refractivity contribution in [3.63, 3.8) is 0 Å². The third kappa shape index (κ3) is 4.38. The second-order valence-electron chi connectivity index (χ2n) is 8.78. The highest BCUT2D eigenvalue weighted by atomic mass is 16.5. The molecule has 3 heterocycles. The Labute approximate surface area is 200 Å². The van der Waals surface area contributed by atoms with Crippen molar-refractivity contribution in [3.05, 3.63) is 78.1 Å². The number of amides is 1. The Balaban J connectivity index is 1.41. The first-order chi connectivity index (χ1) is 16.7. The maximum atomic E-state index is 13.5. The SMILES string of the molecule is COc1ccc(N2CCN3c4cc(OC)ccc4CC(C(=O)NCc4ccncc4)C3C2)cc1. The van der Waals surface area contributed by atoms with Crippen molar-refractivity contribution >= 4 is 17.3 Å². The number of aromatic nitrogens is 1. The lowest BCUT2D eigenvalue weighted by Crippen LogP contribution is -2.61. The van der Waals surface area contributed by atoms with Crippen molar-refractivity contribution in [1.29, 1.82) is 0 Å². The summed E-state index contributed by atoms with van der Waals surface area (Å²) in [4.78, 5) is 22.3. The smallest absolute Gasteiger partial charge is 0.225 e. The quantitative estimate of drug-likeness (QED) is 0.612. The molecule has 7 nitrogen and oxygen atoms in total. The van der Waals surface area contributed by atoms with Gasteiger partial charge < -0.3 is 24.6 Å². The van der Waals surface area contributed by atoms with Crippen LogP contribution in [0, 0.1) is 5.92 Å². The monoisotopic (exact) mass is 458 g/mol. The Hall–Kier alpha value is -3.74. The molecule has 1 amide bonds. The van der Waals surface area contributed by atoms with Crippen LogP contribution < -0.4 is 24.6 Å². The second kappa shape index (κ2) is 9.63. The van der Waals surface area contributed by atoms with Crippen molar-refractivity contribution in [3.8, 4) is 11.5 Å². The summed E-state index contributed by atoms with van der Waals surface area (Å²) in [6.45, 7) is 2.99. The summed E-state index contributed by atoms with van der Waals surface area (Å²) in [5.41, 5.74) is 4.56. The Bertz CT molecular complexity index is 1140. The van der Waals surface area contributed by atoms with Gasteiger partial charge in [0, 0.05) is 56.0 Å². The number of pyridine rings is 1. The highest BCUT2D eigenvalue weighted by molar-refractivity contribution is 5.82. The van der Waals surface area contributed by atoms with Gasteiger partial charge >= 0.3 is 0 Å². The number of nitrogens with one attached hydrogen (secondary N) is 1. The van der Waals surface area contributed by atoms with E-state index in [0.717, 1.165) is 42.4 Å². The van der Waals surface area contributed by atoms with Gasteiger partial charge in [-0.05, 0) is 60.0 Å². The number of carbonyl (C=O) groups is 1. The average molecular weight is 459 g/mol. The second-order valence-corrected chi connectivity index (χ2v) is 8.78. The molecule has 176 valence electrons. The number of methoxy groups -OCH3 is 2. The van der Waals surface area contributed by atoms with Crippen LogP contribution >= 0.6 is 0 Å². The van der Waals surface area contributed by atoms with Gasteiger partial charge in [-0.2, -0.15) is 0 Å². The summed E-state index contributed by atoms with van der Waals surface area (Å²) in [6.07, 6.45) is 4.21. The standard InChI is InChI=1S/C27H30N4O3/c1-33-22-7-4-21(5-8-22)30-13-14-31-25-16-23(34-2)6-3-20(25)15-24(26(31)18-30)27(32)29-17-19-9-11-28-12-10-19/h3-12,16,24,26H,13-15,17-18H2,1-2H3,(H,29,32). The molecular formula is C27H30N4O3. The molecule has 2 aromatic carbocycles. The molecule has 0 radical (unpaired) electrons. The van der Waals surface area contributed by atoms with Crippen molar-refractivity contribution in [1.82, 2.24) is 10.3 Å². The summed E-state index contributed by atoms with van der Waals surface area (Å²) in [7, 11) is 3.37. The van der Waals surface area contributed by atoms with Crippen LogP contribution in [0.4, 0.5) is 11.4 Å². The van der Waals surface area contributed by atoms with Gasteiger partial charge in [-0.1, -0.05) is 6.07 Å². The van der Waals surface area contributed by atoms with Crippen LogP contribution in [-0.2, 0) is 17.8 Å². The molecule has 7 heteroatoms. The zero-order valence-corrected chi connectivity index (χ0v) is 19.6. The van der Waals surface area contributed by atoms with E-state index in [2.05, 4.69) is 44.4 Å². The van der Waals surface area contributed by atoms with E-state index in [-0.39, 0.29) is 17.9 Å². The summed E-state index contributed by atoms with van der Waals surface area (Å²) in [5, 5.41) is 3.17. The first-order valence-corrected chi connectivity index (χ1v) is 11.7. The molecule has 1 saturated heterocycles. The minimum absolute atomic E-state index is 0.0629. The molecule has 3 aromatic rings. The molecule has 1 N–H and O–H groups in total. The molecule has 1 fully saturated rings. The van der Waals surface area contributed by atoms with Crippen LogP contribution in [0.5, 0.6) is 11.5 Å². The van der Waals surface area contributed by atoms with E-state index >= 15 is 0 Å². The van der Waals surface area contributed by atoms with E-state index in [1.165, 1.54) is 11.3 Å². The number of fused-ring (bicyclic) bond motifs is 3. The molecular weight excluding hydrogens is 428 g/mol. The van der Waals surface area contributed by atoms with Gasteiger partial charge in [0.2, 0.25) is 5.91 Å². The largest absolute Gasteiger partial charge is 0.497 e. The third-order valence-corrected chi connectivity index (χ3v) is 6.92. The fourth-order valence-corrected chi connectivity index (χ4v) is 5.05. The van der Waals surface area contributed by atoms with Crippen molar-refractivity contribution in [2.75, 3.05) is 43.7 Å². The van der Waals surface area contributed by atoms with Gasteiger partial charge in [0.1, 0.15) is 11.5 Å². The Kier molecular flexibility index (Phi) is 6.25. The predicted molar refractivity (Wildman–Crippen MR) is 133 cm³/mol. The van der Waals surface area contributed by atoms with E-state index in [1.54, 1.807) is 26.6 Å². The Morgan fingerprint density at radius 3 is 2.47 bits per heavy atom. The molecule has 34 heavy (non-hydrogen) atoms. The van der Waals surface area contributed by atoms with Crippen LogP contribution in [0.25, 0.3) is 0 Å². The first kappa shape index (κ1) is 22.1. The van der Waals surface area contributed by atoms with E-state index in [4.69, 9.17) is 9.47 Å². The van der Waals surface area contributed by atoms with Crippen LogP contribution in [0.2, 0.25) is 0 Å². The molecule has 2 atom stereocenters. The lowest BCUT2D eigenvalue weighted by atomic mass is 9.83. The van der Waals surface area contributed by atoms with Crippen molar-refractivity contribution in [2.45, 2.75) is 19.0 Å². The maximum absolute atomic E-state index is 13.5. The molecule has 5 rings (SSSR count). The van der Waals surface area contributed by atoms with Gasteiger partial charge in [-0.15, -0.1) is 0 Å². The van der Waals surface area contributed by atoms with Crippen LogP contribution in [-0.4, -0.2) is 50.8 Å². The molecule has 0 saturated carbocycles. The van der Waals surface area contributed by atoms with E-state index in [1.807, 2.05) is 30.3 Å². The molecule has 2 unspecified atom stereocenters. The fourth-order valence-electron chi connectivity index (χ4n) is 5.05. The average Bonchev–Trinajstić information content (AvgIpc) is 2.91. The summed E-state index contributed by atoms with van der Waals surface area (Å²) in [6, 6.07) is 18.3. The number of rotatable bonds is 6. The van der Waals surface area contributed by atoms with Crippen LogP contribution in [0.15, 0.2) is 67.0 Å². The third-order valence-electron chi connectivity index (χ3n) is 6.92. The number of benzene rings is 2. The zero-order valence-electron chi connectivity index (χ0n) is 19.6. The number of hydrogen-bond acceptors (Lipinski definition) is 6. The normalized spacial score (nSPS) is 19.1. The van der Waals surface area contributed by atoms with Crippen LogP contribution in [0.3, 0.4) is 0 Å². The molecule has 2 aliphatic rings. The molecule has 0 bridgehead atoms. The predicted octanol–water partition coefficient (Wildman–Crippen LogP) is 3.28. The Morgan fingerprint density at radius 2 is 1.74 bits per heavy atom. The number of piperazine rings is 1. The lowest BCUT2D eigenvalue weighted by molar-refractivity contribution is -0.126. The minimum atomic E-state index is -0.149. The lowest BCUT2D eigenvalue weighted by Gasteiger charge is -2.49. The molecule has 1 aromatic heterocycles. The Morgan fingerprint density at radius 1 is 1.00 bits per heavy atom. The molecule has 0 spiro atoms. The van der Waals surface area contributed by atoms with Gasteiger partial charge in [-0.25, -0.2) is 0 Å². The van der Waals surface area contributed by atoms with Crippen molar-refractivity contribution in [2.24, 2.45) is 5.92 Å². The highest BCUT2D eigenvalue weighted by Gasteiger charge is 2.41. The van der Waals surface area contributed by atoms with Gasteiger partial charge in [0.15, 0.2) is 0 Å². The van der Waals surface area contributed by atoms with E-state index in [0.29, 0.717) is 13.0 Å². The minimum Gasteiger partial charge on any atom is -0.497 e. The number of carbonyl (C=O) groups excluding carboxylic acids is 1. The molecule has 2 aliphatic heterocycles. The number of anilines is 2. The van der Waals surface area contributed by atoms with Gasteiger partial charge in [0.05, 0.1) is 26.2 Å². The van der Waals surface area contributed by atoms with E-state index < -0.39 is 0 Å².